The minimum atomic E-state index is -0.295. The van der Waals surface area contributed by atoms with Gasteiger partial charge in [-0.15, -0.1) is 90.7 Å². The van der Waals surface area contributed by atoms with Crippen molar-refractivity contribution >= 4 is 230 Å². The molecule has 0 N–H and O–H groups in total. The van der Waals surface area contributed by atoms with E-state index in [1.807, 2.05) is 80.2 Å². The number of fused-ring (bicyclic) bond motifs is 20. The van der Waals surface area contributed by atoms with E-state index in [9.17, 15) is 20.1 Å². The molecule has 114 heavy (non-hydrogen) atoms. The number of ketones is 2. The largest absolute Gasteiger partial charge is 0.491 e. The lowest BCUT2D eigenvalue weighted by atomic mass is 9.71. The molecule has 15 rings (SSSR count). The first-order valence-electron chi connectivity index (χ1n) is 41.5. The van der Waals surface area contributed by atoms with Gasteiger partial charge in [-0.25, -0.2) is 20.2 Å². The maximum atomic E-state index is 14.7. The van der Waals surface area contributed by atoms with Crippen LogP contribution >= 0.6 is 137 Å². The molecule has 4 aliphatic rings. The average molecular weight is 1740 g/mol. The Morgan fingerprint density at radius 3 is 1.03 bits per heavy atom. The summed E-state index contributed by atoms with van der Waals surface area (Å²) in [6.07, 6.45) is 39.8. The number of hydrogen-bond donors (Lipinski definition) is 0. The van der Waals surface area contributed by atoms with Gasteiger partial charge in [-0.3, -0.25) is 9.59 Å². The van der Waals surface area contributed by atoms with Gasteiger partial charge in [-0.05, 0) is 109 Å². The molecule has 8 heterocycles. The van der Waals surface area contributed by atoms with Gasteiger partial charge < -0.3 is 9.47 Å². The zero-order valence-electron chi connectivity index (χ0n) is 65.9. The third-order valence-corrected chi connectivity index (χ3v) is 36.0. The number of carbonyl (C=O) groups excluding carboxylic acids is 2. The summed E-state index contributed by atoms with van der Waals surface area (Å²) >= 11 is 41.6. The van der Waals surface area contributed by atoms with Crippen LogP contribution < -0.4 is 9.47 Å². The Labute approximate surface area is 722 Å². The van der Waals surface area contributed by atoms with Gasteiger partial charge in [-0.1, -0.05) is 255 Å². The summed E-state index contributed by atoms with van der Waals surface area (Å²) in [6.45, 7) is 31.2. The monoisotopic (exact) mass is 1740 g/mol. The van der Waals surface area contributed by atoms with E-state index in [0.717, 1.165) is 150 Å². The van der Waals surface area contributed by atoms with Crippen LogP contribution in [0.4, 0.5) is 0 Å². The number of hydrogen-bond acceptors (Lipinski definition) is 14. The Bertz CT molecular complexity index is 5520. The molecule has 0 bridgehead atoms. The molecule has 0 aliphatic heterocycles. The van der Waals surface area contributed by atoms with Gasteiger partial charge in [0.15, 0.2) is 11.6 Å². The summed E-state index contributed by atoms with van der Waals surface area (Å²) in [5.74, 6) is 1.44. The van der Waals surface area contributed by atoms with E-state index < -0.39 is 0 Å². The summed E-state index contributed by atoms with van der Waals surface area (Å²) in [6, 6.07) is 15.4. The lowest BCUT2D eigenvalue weighted by Gasteiger charge is -2.32. The van der Waals surface area contributed by atoms with Crippen molar-refractivity contribution in [2.75, 3.05) is 13.2 Å². The molecule has 20 heteroatoms. The first-order valence-corrected chi connectivity index (χ1v) is 49.6. The van der Waals surface area contributed by atoms with Crippen LogP contribution in [0.25, 0.3) is 110 Å². The highest BCUT2D eigenvalue weighted by Crippen LogP contribution is 2.69. The van der Waals surface area contributed by atoms with Gasteiger partial charge in [0.25, 0.3) is 11.4 Å². The normalized spacial score (nSPS) is 16.0. The van der Waals surface area contributed by atoms with Crippen LogP contribution in [-0.2, 0) is 10.8 Å². The predicted molar refractivity (Wildman–Crippen MR) is 496 cm³/mol. The number of allylic oxidation sites excluding steroid dienone is 6. The fourth-order valence-electron chi connectivity index (χ4n) is 18.4. The third-order valence-electron chi connectivity index (χ3n) is 24.0. The summed E-state index contributed by atoms with van der Waals surface area (Å²) in [4.78, 5) is 43.8. The van der Waals surface area contributed by atoms with Crippen molar-refractivity contribution < 1.29 is 19.1 Å². The minimum Gasteiger partial charge on any atom is -0.491 e. The second kappa shape index (κ2) is 36.2. The molecule has 0 amide bonds. The Morgan fingerprint density at radius 1 is 0.386 bits per heavy atom. The van der Waals surface area contributed by atoms with Crippen LogP contribution in [0.3, 0.4) is 0 Å². The van der Waals surface area contributed by atoms with E-state index >= 15 is 0 Å². The topological polar surface area (TPSA) is 109 Å². The van der Waals surface area contributed by atoms with Crippen molar-refractivity contribution in [3.05, 3.63) is 156 Å². The fraction of sp³-hybridized carbons (Fsp3) is 0.447. The number of nitriles is 2. The number of halogens is 4. The minimum absolute atomic E-state index is 0.150. The van der Waals surface area contributed by atoms with Gasteiger partial charge in [0.2, 0.25) is 0 Å². The number of carbonyl (C=O) groups is 2. The van der Waals surface area contributed by atoms with Gasteiger partial charge in [0.1, 0.15) is 11.5 Å². The molecule has 0 atom stereocenters. The third kappa shape index (κ3) is 14.9. The Balaban J connectivity index is 0.947. The molecule has 0 saturated carbocycles. The molecule has 3 aromatic carbocycles. The second-order valence-corrected chi connectivity index (χ2v) is 41.4. The van der Waals surface area contributed by atoms with Crippen LogP contribution in [0.5, 0.6) is 11.5 Å². The zero-order valence-corrected chi connectivity index (χ0v) is 75.4. The second-order valence-electron chi connectivity index (χ2n) is 31.4. The standard InChI is InChI=1S/C94H94Cl4N4O4S8/c1-9-15-21-27-29-35-41-105-77-71-82(110-89-83(71)111-87-73-85(113-91(87)89)79-61(93(73,37-31-23-17-11-3)38-32-24-18-12-4)45-53(107-79)43-59-69(67(51-99)101-7)55-47-63(95)65(97)49-57(55)75(59)103)78(106-42-36-30-28-22-16-10-2)72-81(77)109-90-84(72)112-88-74-86(114-92(88)90)80-62(94(74,39-33-25-19-13-5)40-34-26-20-14-6)46-54(108-80)44-60-70(68(52-100)102-8)56-48-64(96)66(98)50-58(56)76(60)104/h43-50H,9-42H2,1-6H3/b59-43-,60-44-,69-67-,70-68+. The molecule has 0 saturated heterocycles. The molecule has 0 spiro atoms. The van der Waals surface area contributed by atoms with E-state index in [2.05, 4.69) is 75.5 Å². The van der Waals surface area contributed by atoms with Gasteiger partial charge in [0.05, 0.1) is 126 Å². The molecular weight excluding hydrogens is 1650 g/mol. The van der Waals surface area contributed by atoms with Gasteiger partial charge in [0, 0.05) is 74.9 Å². The SMILES string of the molecule is [C-]#[N+]/C(C#N)=C1\C(=C\c2cc3c(s2)-c2sc4c(sc5c4sc4c(OCCCCCCCC)c6c(sc7c8sc9c(c8sc76)C(CCCCCC)(CCCCCC)c6cc(/C=C7\C(=O)c8cc(Cl)c(Cl)cc8\C7=C(\C#N)[N+]#[C-])sc6-9)c(OCCCCCCCC)c45)c2C3(CCCCCC)CCCCCC)C(=O)c2cc(Cl)c(Cl)cc21. The van der Waals surface area contributed by atoms with Crippen molar-refractivity contribution in [3.63, 3.8) is 0 Å². The summed E-state index contributed by atoms with van der Waals surface area (Å²) in [5, 5.41) is 24.3. The molecular formula is C94H94Cl4N4O4S8. The summed E-state index contributed by atoms with van der Waals surface area (Å²) in [5.41, 5.74) is 7.59. The van der Waals surface area contributed by atoms with Crippen LogP contribution in [-0.4, -0.2) is 24.8 Å². The maximum Gasteiger partial charge on any atom is 0.270 e. The van der Waals surface area contributed by atoms with Crippen LogP contribution in [0.15, 0.2) is 58.9 Å². The number of ether oxygens (including phenoxy) is 2. The van der Waals surface area contributed by atoms with E-state index in [1.165, 1.54) is 177 Å². The highest BCUT2D eigenvalue weighted by Gasteiger charge is 2.50. The van der Waals surface area contributed by atoms with E-state index in [1.54, 1.807) is 46.9 Å². The number of nitrogens with zero attached hydrogens (tertiary/aromatic N) is 4. The van der Waals surface area contributed by atoms with E-state index in [4.69, 9.17) is 69.0 Å². The van der Waals surface area contributed by atoms with Crippen molar-refractivity contribution in [1.29, 1.82) is 10.5 Å². The predicted octanol–water partition coefficient (Wildman–Crippen LogP) is 34.5. The number of Topliss-reactive ketones (excluding diaryl/α,β-unsaturated/α-hetero) is 2. The maximum absolute atomic E-state index is 14.7. The van der Waals surface area contributed by atoms with Gasteiger partial charge >= 0.3 is 0 Å². The first-order chi connectivity index (χ1) is 55.6. The number of thiophene rings is 8. The molecule has 0 radical (unpaired) electrons. The van der Waals surface area contributed by atoms with Crippen molar-refractivity contribution in [2.24, 2.45) is 0 Å². The summed E-state index contributed by atoms with van der Waals surface area (Å²) in [7, 11) is 0. The lowest BCUT2D eigenvalue weighted by Crippen LogP contribution is -2.25. The van der Waals surface area contributed by atoms with Crippen molar-refractivity contribution in [1.82, 2.24) is 0 Å². The van der Waals surface area contributed by atoms with Crippen molar-refractivity contribution in [2.45, 2.75) is 258 Å². The molecule has 4 aliphatic carbocycles. The van der Waals surface area contributed by atoms with Crippen LogP contribution in [0, 0.1) is 35.8 Å². The Morgan fingerprint density at radius 2 is 0.693 bits per heavy atom. The molecule has 0 fully saturated rings. The number of rotatable bonds is 38. The Kier molecular flexibility index (Phi) is 26.3. The first kappa shape index (κ1) is 82.9. The fourth-order valence-corrected chi connectivity index (χ4v) is 31.1. The van der Waals surface area contributed by atoms with Gasteiger partial charge in [-0.2, -0.15) is 0 Å². The average Bonchev–Trinajstić information content (AvgIpc) is 1.51. The van der Waals surface area contributed by atoms with Crippen LogP contribution in [0.2, 0.25) is 20.1 Å². The quantitative estimate of drug-likeness (QED) is 0.0165. The highest BCUT2D eigenvalue weighted by atomic mass is 35.5. The van der Waals surface area contributed by atoms with Crippen LogP contribution in [0.1, 0.15) is 311 Å². The molecule has 8 nitrogen and oxygen atoms in total. The molecule has 11 aromatic rings. The molecule has 590 valence electrons. The Hall–Kier alpha value is -6.16. The number of unbranched alkanes of at least 4 members (excludes halogenated alkanes) is 22. The number of benzene rings is 3. The zero-order chi connectivity index (χ0) is 79.7. The molecule has 0 unspecified atom stereocenters. The van der Waals surface area contributed by atoms with Crippen molar-refractivity contribution in [3.8, 4) is 43.1 Å². The lowest BCUT2D eigenvalue weighted by molar-refractivity contribution is 0.103. The van der Waals surface area contributed by atoms with E-state index in [0.29, 0.717) is 57.8 Å². The van der Waals surface area contributed by atoms with E-state index in [-0.39, 0.29) is 53.9 Å². The highest BCUT2D eigenvalue weighted by molar-refractivity contribution is 7.44. The molecule has 8 aromatic heterocycles. The summed E-state index contributed by atoms with van der Waals surface area (Å²) < 4.78 is 28.1. The smallest absolute Gasteiger partial charge is 0.270 e.